The summed E-state index contributed by atoms with van der Waals surface area (Å²) in [4.78, 5) is 14.2. The third-order valence-corrected chi connectivity index (χ3v) is 8.47. The van der Waals surface area contributed by atoms with Crippen molar-refractivity contribution < 1.29 is 0 Å². The smallest absolute Gasteiger partial charge is 0.165 e. The molecule has 0 aliphatic heterocycles. The van der Waals surface area contributed by atoms with E-state index in [0.29, 0.717) is 23.0 Å². The van der Waals surface area contributed by atoms with E-state index in [2.05, 4.69) is 119 Å². The maximum absolute atomic E-state index is 10.7. The van der Waals surface area contributed by atoms with Gasteiger partial charge in [-0.1, -0.05) is 60.7 Å². The molecule has 8 rings (SSSR count). The van der Waals surface area contributed by atoms with E-state index in [9.17, 15) is 5.26 Å². The maximum Gasteiger partial charge on any atom is 0.165 e. The van der Waals surface area contributed by atoms with Crippen molar-refractivity contribution in [2.75, 3.05) is 0 Å². The lowest BCUT2D eigenvalue weighted by Crippen LogP contribution is -2.07. The van der Waals surface area contributed by atoms with Gasteiger partial charge in [0.25, 0.3) is 0 Å². The van der Waals surface area contributed by atoms with Crippen LogP contribution >= 0.6 is 0 Å². The molecule has 6 nitrogen and oxygen atoms in total. The second kappa shape index (κ2) is 9.62. The van der Waals surface area contributed by atoms with Crippen molar-refractivity contribution in [3.63, 3.8) is 0 Å². The summed E-state index contributed by atoms with van der Waals surface area (Å²) < 4.78 is 4.46. The number of nitriles is 1. The SMILES string of the molecule is Cc1ccc2c3ccccc3n(-c3cc(-c4nc(C)nc(C)n4)c(-n4c5ccccc5c5ccc(C)cc54)cc3C#N)c2c1. The summed E-state index contributed by atoms with van der Waals surface area (Å²) in [5, 5.41) is 15.3. The van der Waals surface area contributed by atoms with Crippen LogP contribution in [0.4, 0.5) is 0 Å². The zero-order valence-electron chi connectivity index (χ0n) is 24.9. The number of benzene rings is 5. The summed E-state index contributed by atoms with van der Waals surface area (Å²) in [7, 11) is 0. The third kappa shape index (κ3) is 3.83. The fraction of sp³-hybridized carbons (Fsp3) is 0.105. The molecule has 0 unspecified atom stereocenters. The van der Waals surface area contributed by atoms with Gasteiger partial charge in [-0.2, -0.15) is 5.26 Å². The molecule has 6 heteroatoms. The Kier molecular flexibility index (Phi) is 5.65. The van der Waals surface area contributed by atoms with Gasteiger partial charge in [0, 0.05) is 27.1 Å². The number of hydrogen-bond acceptors (Lipinski definition) is 4. The summed E-state index contributed by atoms with van der Waals surface area (Å²) in [6, 6.07) is 36.5. The van der Waals surface area contributed by atoms with Gasteiger partial charge in [0.1, 0.15) is 17.7 Å². The Morgan fingerprint density at radius 2 is 1.02 bits per heavy atom. The van der Waals surface area contributed by atoms with Crippen LogP contribution in [0.5, 0.6) is 0 Å². The number of aryl methyl sites for hydroxylation is 4. The molecule has 0 saturated heterocycles. The Labute approximate surface area is 254 Å². The van der Waals surface area contributed by atoms with E-state index in [0.717, 1.165) is 71.7 Å². The molecule has 3 aromatic heterocycles. The van der Waals surface area contributed by atoms with Gasteiger partial charge in [0.2, 0.25) is 0 Å². The lowest BCUT2D eigenvalue weighted by molar-refractivity contribution is 0.926. The molecule has 0 bridgehead atoms. The highest BCUT2D eigenvalue weighted by molar-refractivity contribution is 6.11. The topological polar surface area (TPSA) is 72.3 Å². The quantitative estimate of drug-likeness (QED) is 0.213. The largest absolute Gasteiger partial charge is 0.308 e. The molecule has 44 heavy (non-hydrogen) atoms. The van der Waals surface area contributed by atoms with E-state index in [-0.39, 0.29) is 0 Å². The molecule has 0 aliphatic rings. The summed E-state index contributed by atoms with van der Waals surface area (Å²) in [5.41, 5.74) is 9.56. The van der Waals surface area contributed by atoms with Gasteiger partial charge in [-0.15, -0.1) is 0 Å². The fourth-order valence-corrected chi connectivity index (χ4v) is 6.63. The first-order chi connectivity index (χ1) is 21.4. The Morgan fingerprint density at radius 3 is 1.57 bits per heavy atom. The van der Waals surface area contributed by atoms with Crippen LogP contribution < -0.4 is 0 Å². The van der Waals surface area contributed by atoms with Gasteiger partial charge in [-0.3, -0.25) is 0 Å². The van der Waals surface area contributed by atoms with Crippen LogP contribution in [0, 0.1) is 39.0 Å². The second-order valence-electron chi connectivity index (χ2n) is 11.5. The summed E-state index contributed by atoms with van der Waals surface area (Å²) >= 11 is 0. The van der Waals surface area contributed by atoms with E-state index in [4.69, 9.17) is 9.97 Å². The van der Waals surface area contributed by atoms with Gasteiger partial charge in [0.05, 0.1) is 39.0 Å². The molecular formula is C38H28N6. The van der Waals surface area contributed by atoms with Crippen LogP contribution in [0.3, 0.4) is 0 Å². The minimum atomic E-state index is 0.564. The summed E-state index contributed by atoms with van der Waals surface area (Å²) in [6.45, 7) is 7.99. The molecule has 0 spiro atoms. The van der Waals surface area contributed by atoms with Crippen molar-refractivity contribution in [3.8, 4) is 28.8 Å². The maximum atomic E-state index is 10.7. The monoisotopic (exact) mass is 568 g/mol. The lowest BCUT2D eigenvalue weighted by atomic mass is 10.0. The minimum Gasteiger partial charge on any atom is -0.308 e. The molecular weight excluding hydrogens is 540 g/mol. The summed E-state index contributed by atoms with van der Waals surface area (Å²) in [5.74, 6) is 1.87. The van der Waals surface area contributed by atoms with Crippen LogP contribution in [0.2, 0.25) is 0 Å². The first-order valence-corrected chi connectivity index (χ1v) is 14.7. The molecule has 0 N–H and O–H groups in total. The highest BCUT2D eigenvalue weighted by atomic mass is 15.1. The van der Waals surface area contributed by atoms with Crippen LogP contribution in [0.15, 0.2) is 97.1 Å². The molecule has 0 fully saturated rings. The number of rotatable bonds is 3. The number of aromatic nitrogens is 5. The van der Waals surface area contributed by atoms with Gasteiger partial charge in [0.15, 0.2) is 5.82 Å². The average Bonchev–Trinajstić information content (AvgIpc) is 3.51. The number of fused-ring (bicyclic) bond motifs is 6. The molecule has 0 saturated carbocycles. The standard InChI is InChI=1S/C38H28N6/c1-22-13-15-29-27-9-5-7-11-32(27)43(35(29)17-22)34-20-31(38-41-24(3)40-25(4)42-38)37(19-26(34)21-39)44-33-12-8-6-10-28(33)30-16-14-23(2)18-36(30)44/h5-20H,1-4H3. The molecule has 0 amide bonds. The number of para-hydroxylation sites is 2. The van der Waals surface area contributed by atoms with Crippen LogP contribution in [-0.4, -0.2) is 24.1 Å². The first kappa shape index (κ1) is 25.9. The molecule has 8 aromatic rings. The molecule has 0 radical (unpaired) electrons. The van der Waals surface area contributed by atoms with Gasteiger partial charge in [-0.25, -0.2) is 15.0 Å². The van der Waals surface area contributed by atoms with Crippen LogP contribution in [-0.2, 0) is 0 Å². The Morgan fingerprint density at radius 1 is 0.523 bits per heavy atom. The second-order valence-corrected chi connectivity index (χ2v) is 11.5. The molecule has 5 aromatic carbocycles. The van der Waals surface area contributed by atoms with E-state index < -0.39 is 0 Å². The van der Waals surface area contributed by atoms with Crippen molar-refractivity contribution in [2.45, 2.75) is 27.7 Å². The normalized spacial score (nSPS) is 11.6. The molecule has 0 atom stereocenters. The van der Waals surface area contributed by atoms with Crippen molar-refractivity contribution in [1.82, 2.24) is 24.1 Å². The molecule has 3 heterocycles. The van der Waals surface area contributed by atoms with Crippen LogP contribution in [0.1, 0.15) is 28.3 Å². The minimum absolute atomic E-state index is 0.564. The van der Waals surface area contributed by atoms with E-state index in [1.165, 1.54) is 0 Å². The van der Waals surface area contributed by atoms with Crippen molar-refractivity contribution in [1.29, 1.82) is 5.26 Å². The summed E-state index contributed by atoms with van der Waals surface area (Å²) in [6.07, 6.45) is 0. The van der Waals surface area contributed by atoms with Gasteiger partial charge >= 0.3 is 0 Å². The Bertz CT molecular complexity index is 2490. The highest BCUT2D eigenvalue weighted by Gasteiger charge is 2.23. The average molecular weight is 569 g/mol. The Balaban J connectivity index is 1.55. The zero-order valence-corrected chi connectivity index (χ0v) is 24.9. The van der Waals surface area contributed by atoms with E-state index in [1.807, 2.05) is 26.0 Å². The number of nitrogens with zero attached hydrogens (tertiary/aromatic N) is 6. The predicted molar refractivity (Wildman–Crippen MR) is 178 cm³/mol. The van der Waals surface area contributed by atoms with Crippen molar-refractivity contribution in [3.05, 3.63) is 125 Å². The van der Waals surface area contributed by atoms with Gasteiger partial charge < -0.3 is 9.13 Å². The predicted octanol–water partition coefficient (Wildman–Crippen LogP) is 8.84. The van der Waals surface area contributed by atoms with Crippen LogP contribution in [0.25, 0.3) is 66.4 Å². The Hall–Kier alpha value is -5.80. The first-order valence-electron chi connectivity index (χ1n) is 14.7. The fourth-order valence-electron chi connectivity index (χ4n) is 6.63. The van der Waals surface area contributed by atoms with E-state index >= 15 is 0 Å². The van der Waals surface area contributed by atoms with Crippen molar-refractivity contribution in [2.24, 2.45) is 0 Å². The van der Waals surface area contributed by atoms with Gasteiger partial charge in [-0.05, 0) is 75.2 Å². The zero-order chi connectivity index (χ0) is 30.1. The number of hydrogen-bond donors (Lipinski definition) is 0. The van der Waals surface area contributed by atoms with Crippen molar-refractivity contribution >= 4 is 43.6 Å². The lowest BCUT2D eigenvalue weighted by Gasteiger charge is -2.18. The highest BCUT2D eigenvalue weighted by Crippen LogP contribution is 2.40. The third-order valence-electron chi connectivity index (χ3n) is 8.47. The van der Waals surface area contributed by atoms with E-state index in [1.54, 1.807) is 0 Å². The molecule has 0 aliphatic carbocycles. The molecule has 210 valence electrons.